The van der Waals surface area contributed by atoms with E-state index < -0.39 is 0 Å². The Morgan fingerprint density at radius 2 is 1.85 bits per heavy atom. The highest BCUT2D eigenvalue weighted by molar-refractivity contribution is 9.10. The molecule has 0 unspecified atom stereocenters. The van der Waals surface area contributed by atoms with Gasteiger partial charge >= 0.3 is 0 Å². The van der Waals surface area contributed by atoms with Crippen molar-refractivity contribution in [1.29, 1.82) is 0 Å². The van der Waals surface area contributed by atoms with Crippen molar-refractivity contribution in [2.75, 3.05) is 5.43 Å². The number of nitrogens with zero attached hydrogens (tertiary/aromatic N) is 1. The topological polar surface area (TPSA) is 50.9 Å². The van der Waals surface area contributed by atoms with E-state index in [1.807, 2.05) is 48.5 Å². The number of halogens is 2. The molecule has 0 saturated heterocycles. The van der Waals surface area contributed by atoms with Crippen LogP contribution in [-0.4, -0.2) is 4.98 Å². The molecule has 0 aliphatic rings. The maximum Gasteiger partial charge on any atom is 0.0928 e. The van der Waals surface area contributed by atoms with Crippen LogP contribution in [0.1, 0.15) is 0 Å². The first kappa shape index (κ1) is 13.4. The van der Waals surface area contributed by atoms with E-state index in [0.29, 0.717) is 5.02 Å². The van der Waals surface area contributed by atoms with Crippen LogP contribution in [0.3, 0.4) is 0 Å². The van der Waals surface area contributed by atoms with Crippen LogP contribution < -0.4 is 11.3 Å². The number of nitrogens with two attached hydrogens (primary N) is 1. The predicted octanol–water partition coefficient (Wildman–Crippen LogP) is 4.60. The van der Waals surface area contributed by atoms with Gasteiger partial charge in [0.05, 0.1) is 21.9 Å². The molecular formula is C15H11BrClN3. The van der Waals surface area contributed by atoms with Crippen molar-refractivity contribution >= 4 is 44.1 Å². The highest BCUT2D eigenvalue weighted by atomic mass is 79.9. The zero-order valence-electron chi connectivity index (χ0n) is 10.4. The summed E-state index contributed by atoms with van der Waals surface area (Å²) in [4.78, 5) is 4.66. The van der Waals surface area contributed by atoms with Gasteiger partial charge in [0.1, 0.15) is 0 Å². The first-order chi connectivity index (χ1) is 9.70. The van der Waals surface area contributed by atoms with Gasteiger partial charge in [-0.3, -0.25) is 5.84 Å². The fraction of sp³-hybridized carbons (Fsp3) is 0. The molecule has 3 nitrogen and oxygen atoms in total. The molecular weight excluding hydrogens is 338 g/mol. The van der Waals surface area contributed by atoms with Gasteiger partial charge in [0.2, 0.25) is 0 Å². The van der Waals surface area contributed by atoms with Crippen LogP contribution in [0.2, 0.25) is 5.02 Å². The summed E-state index contributed by atoms with van der Waals surface area (Å²) >= 11 is 9.77. The Labute approximate surface area is 129 Å². The first-order valence-electron chi connectivity index (χ1n) is 6.01. The number of nitrogen functional groups attached to an aromatic ring is 1. The van der Waals surface area contributed by atoms with E-state index in [1.165, 1.54) is 0 Å². The Kier molecular flexibility index (Phi) is 3.61. The number of anilines is 1. The van der Waals surface area contributed by atoms with Gasteiger partial charge in [-0.2, -0.15) is 0 Å². The molecule has 0 aliphatic carbocycles. The number of pyridine rings is 1. The quantitative estimate of drug-likeness (QED) is 0.525. The zero-order valence-corrected chi connectivity index (χ0v) is 12.7. The predicted molar refractivity (Wildman–Crippen MR) is 87.7 cm³/mol. The van der Waals surface area contributed by atoms with Gasteiger partial charge in [0.25, 0.3) is 0 Å². The minimum atomic E-state index is 0.595. The molecule has 20 heavy (non-hydrogen) atoms. The van der Waals surface area contributed by atoms with Crippen molar-refractivity contribution in [3.05, 3.63) is 58.0 Å². The Bertz CT molecular complexity index is 775. The number of rotatable bonds is 2. The molecule has 0 bridgehead atoms. The van der Waals surface area contributed by atoms with Gasteiger partial charge in [-0.25, -0.2) is 4.98 Å². The van der Waals surface area contributed by atoms with Crippen LogP contribution in [0.5, 0.6) is 0 Å². The number of aromatic nitrogens is 1. The summed E-state index contributed by atoms with van der Waals surface area (Å²) in [5.74, 6) is 5.64. The fourth-order valence-corrected chi connectivity index (χ4v) is 2.87. The molecule has 0 aliphatic heterocycles. The van der Waals surface area contributed by atoms with Crippen LogP contribution in [0, 0.1) is 0 Å². The average Bonchev–Trinajstić information content (AvgIpc) is 2.51. The summed E-state index contributed by atoms with van der Waals surface area (Å²) in [6, 6.07) is 15.5. The molecule has 1 aromatic heterocycles. The van der Waals surface area contributed by atoms with Crippen LogP contribution in [0.15, 0.2) is 53.0 Å². The smallest absolute Gasteiger partial charge is 0.0928 e. The molecule has 0 atom stereocenters. The number of fused-ring (bicyclic) bond motifs is 1. The number of benzene rings is 2. The Hall–Kier alpha value is -1.62. The van der Waals surface area contributed by atoms with Crippen LogP contribution in [0.25, 0.3) is 22.2 Å². The van der Waals surface area contributed by atoms with Crippen LogP contribution in [-0.2, 0) is 0 Å². The highest BCUT2D eigenvalue weighted by Gasteiger charge is 2.12. The molecule has 1 heterocycles. The van der Waals surface area contributed by atoms with Crippen LogP contribution >= 0.6 is 27.5 Å². The lowest BCUT2D eigenvalue weighted by molar-refractivity contribution is 1.33. The normalized spacial score (nSPS) is 10.8. The van der Waals surface area contributed by atoms with Gasteiger partial charge in [0, 0.05) is 15.4 Å². The van der Waals surface area contributed by atoms with E-state index in [9.17, 15) is 0 Å². The van der Waals surface area contributed by atoms with Crippen molar-refractivity contribution in [3.63, 3.8) is 0 Å². The lowest BCUT2D eigenvalue weighted by atomic mass is 10.1. The lowest BCUT2D eigenvalue weighted by Crippen LogP contribution is -2.08. The maximum absolute atomic E-state index is 6.27. The molecule has 2 aromatic carbocycles. The molecule has 0 saturated carbocycles. The number of hydrogen-bond donors (Lipinski definition) is 2. The van der Waals surface area contributed by atoms with E-state index in [1.54, 1.807) is 0 Å². The summed E-state index contributed by atoms with van der Waals surface area (Å²) in [5, 5.41) is 1.47. The molecule has 0 amide bonds. The van der Waals surface area contributed by atoms with Gasteiger partial charge < -0.3 is 5.43 Å². The number of nitrogens with one attached hydrogen (secondary N) is 1. The van der Waals surface area contributed by atoms with Crippen LogP contribution in [0.4, 0.5) is 5.69 Å². The van der Waals surface area contributed by atoms with Crippen molar-refractivity contribution in [2.24, 2.45) is 5.84 Å². The number of hydrogen-bond acceptors (Lipinski definition) is 3. The Balaban J connectivity index is 2.35. The molecule has 3 N–H and O–H groups in total. The summed E-state index contributed by atoms with van der Waals surface area (Å²) in [6.07, 6.45) is 0. The van der Waals surface area contributed by atoms with Gasteiger partial charge in [0.15, 0.2) is 0 Å². The van der Waals surface area contributed by atoms with E-state index in [2.05, 4.69) is 26.3 Å². The maximum atomic E-state index is 6.27. The zero-order chi connectivity index (χ0) is 14.1. The molecule has 5 heteroatoms. The summed E-state index contributed by atoms with van der Waals surface area (Å²) in [6.45, 7) is 0. The van der Waals surface area contributed by atoms with Gasteiger partial charge in [-0.05, 0) is 18.2 Å². The minimum absolute atomic E-state index is 0.595. The molecule has 3 aromatic rings. The highest BCUT2D eigenvalue weighted by Crippen LogP contribution is 2.36. The standard InChI is InChI=1S/C15H11BrClN3/c16-10-6-7-11(17)15-14(10)13(20-18)8-12(19-15)9-4-2-1-3-5-9/h1-8H,18H2,(H,19,20). The second-order valence-electron chi connectivity index (χ2n) is 4.32. The fourth-order valence-electron chi connectivity index (χ4n) is 2.14. The third kappa shape index (κ3) is 2.26. The third-order valence-corrected chi connectivity index (χ3v) is 4.05. The molecule has 0 radical (unpaired) electrons. The minimum Gasteiger partial charge on any atom is -0.323 e. The van der Waals surface area contributed by atoms with E-state index in [0.717, 1.165) is 32.3 Å². The molecule has 100 valence electrons. The molecule has 0 fully saturated rings. The van der Waals surface area contributed by atoms with Crippen molar-refractivity contribution in [1.82, 2.24) is 4.98 Å². The third-order valence-electron chi connectivity index (χ3n) is 3.09. The van der Waals surface area contributed by atoms with Crippen molar-refractivity contribution in [3.8, 4) is 11.3 Å². The second-order valence-corrected chi connectivity index (χ2v) is 5.58. The summed E-state index contributed by atoms with van der Waals surface area (Å²) < 4.78 is 0.900. The van der Waals surface area contributed by atoms with Gasteiger partial charge in [-0.1, -0.05) is 57.9 Å². The Morgan fingerprint density at radius 1 is 1.10 bits per heavy atom. The largest absolute Gasteiger partial charge is 0.323 e. The van der Waals surface area contributed by atoms with E-state index >= 15 is 0 Å². The lowest BCUT2D eigenvalue weighted by Gasteiger charge is -2.11. The first-order valence-corrected chi connectivity index (χ1v) is 7.18. The monoisotopic (exact) mass is 347 g/mol. The molecule has 0 spiro atoms. The number of hydrazine groups is 1. The SMILES string of the molecule is NNc1cc(-c2ccccc2)nc2c(Cl)ccc(Br)c12. The summed E-state index contributed by atoms with van der Waals surface area (Å²) in [7, 11) is 0. The summed E-state index contributed by atoms with van der Waals surface area (Å²) in [5.41, 5.74) is 6.06. The van der Waals surface area contributed by atoms with E-state index in [-0.39, 0.29) is 0 Å². The second kappa shape index (κ2) is 5.40. The molecule has 3 rings (SSSR count). The van der Waals surface area contributed by atoms with E-state index in [4.69, 9.17) is 17.4 Å². The average molecular weight is 349 g/mol. The Morgan fingerprint density at radius 3 is 2.55 bits per heavy atom. The van der Waals surface area contributed by atoms with Crippen molar-refractivity contribution in [2.45, 2.75) is 0 Å². The van der Waals surface area contributed by atoms with Gasteiger partial charge in [-0.15, -0.1) is 0 Å². The van der Waals surface area contributed by atoms with Crippen molar-refractivity contribution < 1.29 is 0 Å².